The summed E-state index contributed by atoms with van der Waals surface area (Å²) in [5, 5.41) is 3.82. The van der Waals surface area contributed by atoms with E-state index in [1.165, 1.54) is 0 Å². The molecule has 1 amide bonds. The fourth-order valence-electron chi connectivity index (χ4n) is 2.79. The Bertz CT molecular complexity index is 1070. The van der Waals surface area contributed by atoms with Crippen LogP contribution in [0.5, 0.6) is 17.2 Å². The van der Waals surface area contributed by atoms with Crippen molar-refractivity contribution in [2.45, 2.75) is 13.8 Å². The number of amides is 1. The number of nitrogens with one attached hydrogen (secondary N) is 1. The number of pyridine rings is 1. The number of rotatable bonds is 8. The molecule has 0 aliphatic carbocycles. The van der Waals surface area contributed by atoms with Crippen LogP contribution in [-0.4, -0.2) is 37.3 Å². The van der Waals surface area contributed by atoms with Gasteiger partial charge in [-0.15, -0.1) is 0 Å². The topological polar surface area (TPSA) is 69.7 Å². The van der Waals surface area contributed by atoms with Crippen LogP contribution in [0.3, 0.4) is 0 Å². The summed E-state index contributed by atoms with van der Waals surface area (Å²) in [7, 11) is 0. The summed E-state index contributed by atoms with van der Waals surface area (Å²) in [6.45, 7) is 5.25. The van der Waals surface area contributed by atoms with Gasteiger partial charge in [0.2, 0.25) is 0 Å². The first-order chi connectivity index (χ1) is 14.7. The Balaban J connectivity index is 1.49. The SMILES string of the molecule is CCOc1ccc(C(=O)NCC#CCOc2ccc3cccnc3c2)cc1OCC. The Labute approximate surface area is 176 Å². The zero-order valence-electron chi connectivity index (χ0n) is 17.1. The van der Waals surface area contributed by atoms with Gasteiger partial charge in [0.05, 0.1) is 25.3 Å². The lowest BCUT2D eigenvalue weighted by Crippen LogP contribution is -2.23. The van der Waals surface area contributed by atoms with Gasteiger partial charge >= 0.3 is 0 Å². The summed E-state index contributed by atoms with van der Waals surface area (Å²) < 4.78 is 16.7. The van der Waals surface area contributed by atoms with Crippen molar-refractivity contribution in [2.24, 2.45) is 0 Å². The predicted octanol–water partition coefficient (Wildman–Crippen LogP) is 3.84. The summed E-state index contributed by atoms with van der Waals surface area (Å²) in [4.78, 5) is 16.6. The number of carbonyl (C=O) groups is 1. The normalized spacial score (nSPS) is 10.1. The van der Waals surface area contributed by atoms with E-state index in [0.29, 0.717) is 36.0 Å². The zero-order chi connectivity index (χ0) is 21.2. The minimum Gasteiger partial charge on any atom is -0.490 e. The highest BCUT2D eigenvalue weighted by atomic mass is 16.5. The molecular weight excluding hydrogens is 380 g/mol. The van der Waals surface area contributed by atoms with E-state index in [-0.39, 0.29) is 19.1 Å². The van der Waals surface area contributed by atoms with Crippen molar-refractivity contribution in [1.82, 2.24) is 10.3 Å². The maximum Gasteiger partial charge on any atom is 0.252 e. The molecule has 0 aliphatic heterocycles. The highest BCUT2D eigenvalue weighted by Crippen LogP contribution is 2.28. The van der Waals surface area contributed by atoms with E-state index in [9.17, 15) is 4.79 Å². The van der Waals surface area contributed by atoms with Gasteiger partial charge in [0.15, 0.2) is 11.5 Å². The predicted molar refractivity (Wildman–Crippen MR) is 116 cm³/mol. The molecule has 6 heteroatoms. The lowest BCUT2D eigenvalue weighted by molar-refractivity contribution is 0.0958. The van der Waals surface area contributed by atoms with Gasteiger partial charge in [-0.2, -0.15) is 0 Å². The van der Waals surface area contributed by atoms with Crippen molar-refractivity contribution in [3.63, 3.8) is 0 Å². The molecule has 0 spiro atoms. The number of fused-ring (bicyclic) bond motifs is 1. The lowest BCUT2D eigenvalue weighted by Gasteiger charge is -2.12. The number of aromatic nitrogens is 1. The van der Waals surface area contributed by atoms with E-state index in [4.69, 9.17) is 14.2 Å². The van der Waals surface area contributed by atoms with Crippen LogP contribution in [0.2, 0.25) is 0 Å². The summed E-state index contributed by atoms with van der Waals surface area (Å²) in [5.74, 6) is 7.43. The van der Waals surface area contributed by atoms with Crippen LogP contribution in [0.15, 0.2) is 54.7 Å². The zero-order valence-corrected chi connectivity index (χ0v) is 17.1. The van der Waals surface area contributed by atoms with E-state index in [1.807, 2.05) is 44.2 Å². The first-order valence-electron chi connectivity index (χ1n) is 9.82. The molecule has 0 saturated heterocycles. The monoisotopic (exact) mass is 404 g/mol. The summed E-state index contributed by atoms with van der Waals surface area (Å²) >= 11 is 0. The van der Waals surface area contributed by atoms with Crippen molar-refractivity contribution in [1.29, 1.82) is 0 Å². The molecule has 0 saturated carbocycles. The number of ether oxygens (including phenoxy) is 3. The molecule has 154 valence electrons. The number of benzene rings is 2. The van der Waals surface area contributed by atoms with Crippen molar-refractivity contribution in [3.8, 4) is 29.1 Å². The highest BCUT2D eigenvalue weighted by molar-refractivity contribution is 5.95. The Morgan fingerprint density at radius 3 is 2.63 bits per heavy atom. The molecule has 0 fully saturated rings. The van der Waals surface area contributed by atoms with E-state index < -0.39 is 0 Å². The first kappa shape index (κ1) is 21.0. The van der Waals surface area contributed by atoms with E-state index >= 15 is 0 Å². The van der Waals surface area contributed by atoms with Gasteiger partial charge in [-0.3, -0.25) is 9.78 Å². The van der Waals surface area contributed by atoms with Gasteiger partial charge in [0, 0.05) is 23.2 Å². The molecule has 0 radical (unpaired) electrons. The van der Waals surface area contributed by atoms with Crippen LogP contribution in [0, 0.1) is 11.8 Å². The van der Waals surface area contributed by atoms with Gasteiger partial charge in [-0.1, -0.05) is 17.9 Å². The Kier molecular flexibility index (Phi) is 7.51. The number of nitrogens with zero attached hydrogens (tertiary/aromatic N) is 1. The van der Waals surface area contributed by atoms with Crippen molar-refractivity contribution in [2.75, 3.05) is 26.4 Å². The van der Waals surface area contributed by atoms with Crippen LogP contribution in [0.4, 0.5) is 0 Å². The molecular formula is C24H24N2O4. The van der Waals surface area contributed by atoms with Gasteiger partial charge in [-0.05, 0) is 50.2 Å². The fraction of sp³-hybridized carbons (Fsp3) is 0.250. The third-order valence-corrected chi connectivity index (χ3v) is 4.16. The standard InChI is InChI=1S/C24H24N2O4/c1-3-28-22-12-10-19(16-23(22)29-4-2)24(27)26-13-5-6-15-30-20-11-9-18-8-7-14-25-21(18)17-20/h7-12,14,16-17H,3-4,13,15H2,1-2H3,(H,26,27). The minimum absolute atomic E-state index is 0.221. The Hall–Kier alpha value is -3.72. The number of hydrogen-bond donors (Lipinski definition) is 1. The average Bonchev–Trinajstić information content (AvgIpc) is 2.77. The second-order valence-electron chi connectivity index (χ2n) is 6.21. The smallest absolute Gasteiger partial charge is 0.252 e. The second kappa shape index (κ2) is 10.7. The van der Waals surface area contributed by atoms with Crippen molar-refractivity contribution < 1.29 is 19.0 Å². The maximum absolute atomic E-state index is 12.3. The lowest BCUT2D eigenvalue weighted by atomic mass is 10.2. The molecule has 0 aliphatic rings. The molecule has 30 heavy (non-hydrogen) atoms. The molecule has 3 aromatic rings. The van der Waals surface area contributed by atoms with Gasteiger partial charge in [-0.25, -0.2) is 0 Å². The average molecular weight is 404 g/mol. The van der Waals surface area contributed by atoms with E-state index in [1.54, 1.807) is 24.4 Å². The third-order valence-electron chi connectivity index (χ3n) is 4.16. The number of carbonyl (C=O) groups excluding carboxylic acids is 1. The highest BCUT2D eigenvalue weighted by Gasteiger charge is 2.10. The third kappa shape index (κ3) is 5.65. The Morgan fingerprint density at radius 2 is 1.80 bits per heavy atom. The molecule has 3 rings (SSSR count). The molecule has 2 aromatic carbocycles. The van der Waals surface area contributed by atoms with Crippen LogP contribution in [0.25, 0.3) is 10.9 Å². The first-order valence-corrected chi connectivity index (χ1v) is 9.82. The van der Waals surface area contributed by atoms with Gasteiger partial charge < -0.3 is 19.5 Å². The summed E-state index contributed by atoms with van der Waals surface area (Å²) in [6.07, 6.45) is 1.75. The molecule has 0 bridgehead atoms. The largest absolute Gasteiger partial charge is 0.490 e. The van der Waals surface area contributed by atoms with Crippen molar-refractivity contribution >= 4 is 16.8 Å². The molecule has 0 unspecified atom stereocenters. The van der Waals surface area contributed by atoms with Crippen LogP contribution >= 0.6 is 0 Å². The quantitative estimate of drug-likeness (QED) is 0.578. The van der Waals surface area contributed by atoms with Gasteiger partial charge in [0.25, 0.3) is 5.91 Å². The second-order valence-corrected chi connectivity index (χ2v) is 6.21. The Morgan fingerprint density at radius 1 is 0.967 bits per heavy atom. The van der Waals surface area contributed by atoms with Crippen LogP contribution in [0.1, 0.15) is 24.2 Å². The minimum atomic E-state index is -0.227. The summed E-state index contributed by atoms with van der Waals surface area (Å²) in [6, 6.07) is 14.7. The molecule has 0 atom stereocenters. The fourth-order valence-corrected chi connectivity index (χ4v) is 2.79. The number of hydrogen-bond acceptors (Lipinski definition) is 5. The molecule has 1 aromatic heterocycles. The van der Waals surface area contributed by atoms with Gasteiger partial charge in [0.1, 0.15) is 12.4 Å². The van der Waals surface area contributed by atoms with Crippen LogP contribution in [-0.2, 0) is 0 Å². The van der Waals surface area contributed by atoms with Crippen molar-refractivity contribution in [3.05, 3.63) is 60.3 Å². The molecule has 6 nitrogen and oxygen atoms in total. The summed E-state index contributed by atoms with van der Waals surface area (Å²) in [5.41, 5.74) is 1.36. The maximum atomic E-state index is 12.3. The van der Waals surface area contributed by atoms with E-state index in [0.717, 1.165) is 10.9 Å². The van der Waals surface area contributed by atoms with E-state index in [2.05, 4.69) is 22.1 Å². The van der Waals surface area contributed by atoms with Crippen LogP contribution < -0.4 is 19.5 Å². The molecule has 1 heterocycles. The molecule has 1 N–H and O–H groups in total.